The maximum absolute atomic E-state index is 11.8. The van der Waals surface area contributed by atoms with Crippen LogP contribution >= 0.6 is 23.2 Å². The minimum atomic E-state index is -0.430. The molecule has 0 bridgehead atoms. The number of amides is 2. The van der Waals surface area contributed by atoms with Crippen LogP contribution in [0.15, 0.2) is 30.5 Å². The summed E-state index contributed by atoms with van der Waals surface area (Å²) >= 11 is 11.7. The Morgan fingerprint density at radius 1 is 1.20 bits per heavy atom. The zero-order valence-electron chi connectivity index (χ0n) is 10.6. The highest BCUT2D eigenvalue weighted by Crippen LogP contribution is 2.25. The summed E-state index contributed by atoms with van der Waals surface area (Å²) in [7, 11) is 0. The van der Waals surface area contributed by atoms with Gasteiger partial charge in [0.15, 0.2) is 0 Å². The number of nitrogens with two attached hydrogens (primary N) is 1. The number of nitrogens with zero attached hydrogens (tertiary/aromatic N) is 1. The lowest BCUT2D eigenvalue weighted by Crippen LogP contribution is -2.20. The van der Waals surface area contributed by atoms with Crippen molar-refractivity contribution in [2.45, 2.75) is 6.92 Å². The molecule has 0 radical (unpaired) electrons. The molecular formula is C13H12Cl2N4O. The van der Waals surface area contributed by atoms with Crippen LogP contribution in [0, 0.1) is 6.92 Å². The van der Waals surface area contributed by atoms with E-state index in [4.69, 9.17) is 28.9 Å². The maximum Gasteiger partial charge on any atom is 0.324 e. The van der Waals surface area contributed by atoms with Crippen LogP contribution < -0.4 is 16.4 Å². The molecule has 0 fully saturated rings. The largest absolute Gasteiger partial charge is 0.397 e. The van der Waals surface area contributed by atoms with E-state index >= 15 is 0 Å². The Morgan fingerprint density at radius 2 is 1.95 bits per heavy atom. The van der Waals surface area contributed by atoms with E-state index in [1.54, 1.807) is 24.3 Å². The Morgan fingerprint density at radius 3 is 2.60 bits per heavy atom. The van der Waals surface area contributed by atoms with Crippen molar-refractivity contribution < 1.29 is 4.79 Å². The summed E-state index contributed by atoms with van der Waals surface area (Å²) in [5.74, 6) is 0.411. The molecule has 0 spiro atoms. The summed E-state index contributed by atoms with van der Waals surface area (Å²) in [5, 5.41) is 6.02. The Hall–Kier alpha value is -1.98. The summed E-state index contributed by atoms with van der Waals surface area (Å²) in [6.45, 7) is 1.83. The number of halogens is 2. The molecule has 1 aromatic heterocycles. The first kappa shape index (κ1) is 14.4. The Kier molecular flexibility index (Phi) is 4.32. The first-order valence-corrected chi connectivity index (χ1v) is 6.46. The van der Waals surface area contributed by atoms with Crippen LogP contribution in [-0.2, 0) is 0 Å². The van der Waals surface area contributed by atoms with E-state index in [-0.39, 0.29) is 0 Å². The first-order chi connectivity index (χ1) is 9.45. The molecule has 2 aromatic rings. The molecule has 0 atom stereocenters. The molecule has 0 aliphatic rings. The number of anilines is 3. The van der Waals surface area contributed by atoms with Gasteiger partial charge in [0.05, 0.1) is 21.9 Å². The fraction of sp³-hybridized carbons (Fsp3) is 0.0769. The second-order valence-corrected chi connectivity index (χ2v) is 4.95. The number of rotatable bonds is 2. The summed E-state index contributed by atoms with van der Waals surface area (Å²) in [5.41, 5.74) is 7.60. The number of nitrogen functional groups attached to an aromatic ring is 1. The quantitative estimate of drug-likeness (QED) is 0.786. The van der Waals surface area contributed by atoms with Gasteiger partial charge in [-0.1, -0.05) is 23.2 Å². The highest BCUT2D eigenvalue weighted by atomic mass is 35.5. The first-order valence-electron chi connectivity index (χ1n) is 5.71. The molecule has 0 unspecified atom stereocenters. The second-order valence-electron chi connectivity index (χ2n) is 4.13. The molecular weight excluding hydrogens is 299 g/mol. The minimum Gasteiger partial charge on any atom is -0.397 e. The Bertz CT molecular complexity index is 605. The fourth-order valence-electron chi connectivity index (χ4n) is 1.49. The molecule has 0 aliphatic heterocycles. The van der Waals surface area contributed by atoms with Crippen LogP contribution in [0.1, 0.15) is 5.56 Å². The van der Waals surface area contributed by atoms with Crippen molar-refractivity contribution in [1.82, 2.24) is 4.98 Å². The minimum absolute atomic E-state index is 0.367. The molecule has 2 rings (SSSR count). The van der Waals surface area contributed by atoms with Crippen molar-refractivity contribution in [1.29, 1.82) is 0 Å². The van der Waals surface area contributed by atoms with Gasteiger partial charge in [-0.3, -0.25) is 5.32 Å². The van der Waals surface area contributed by atoms with Crippen molar-refractivity contribution in [2.24, 2.45) is 0 Å². The average Bonchev–Trinajstić information content (AvgIpc) is 2.38. The summed E-state index contributed by atoms with van der Waals surface area (Å²) in [6.07, 6.45) is 1.49. The van der Waals surface area contributed by atoms with Crippen LogP contribution in [0.4, 0.5) is 22.0 Å². The zero-order chi connectivity index (χ0) is 14.7. The normalized spacial score (nSPS) is 10.2. The third-order valence-corrected chi connectivity index (χ3v) is 3.31. The van der Waals surface area contributed by atoms with Gasteiger partial charge < -0.3 is 11.1 Å². The van der Waals surface area contributed by atoms with Crippen molar-refractivity contribution in [3.05, 3.63) is 46.1 Å². The van der Waals surface area contributed by atoms with Crippen molar-refractivity contribution in [3.63, 3.8) is 0 Å². The standard InChI is InChI=1S/C13H12Cl2N4O/c1-7-4-12(17-6-11(7)16)19-13(20)18-8-2-3-9(14)10(15)5-8/h2-6H,16H2,1H3,(H2,17,18,19,20). The van der Waals surface area contributed by atoms with Crippen LogP contribution in [0.3, 0.4) is 0 Å². The van der Waals surface area contributed by atoms with Crippen LogP contribution in [-0.4, -0.2) is 11.0 Å². The number of hydrogen-bond donors (Lipinski definition) is 3. The SMILES string of the molecule is Cc1cc(NC(=O)Nc2ccc(Cl)c(Cl)c2)ncc1N. The number of benzene rings is 1. The predicted octanol–water partition coefficient (Wildman–Crippen LogP) is 3.92. The Labute approximate surface area is 126 Å². The maximum atomic E-state index is 11.8. The smallest absolute Gasteiger partial charge is 0.324 e. The molecule has 104 valence electrons. The third-order valence-electron chi connectivity index (χ3n) is 2.57. The fourth-order valence-corrected chi connectivity index (χ4v) is 1.79. The number of nitrogens with one attached hydrogen (secondary N) is 2. The molecule has 1 heterocycles. The van der Waals surface area contributed by atoms with E-state index in [1.807, 2.05) is 6.92 Å². The van der Waals surface area contributed by atoms with Gasteiger partial charge in [0.25, 0.3) is 0 Å². The van der Waals surface area contributed by atoms with E-state index in [9.17, 15) is 4.79 Å². The molecule has 7 heteroatoms. The highest BCUT2D eigenvalue weighted by Gasteiger charge is 2.06. The predicted molar refractivity (Wildman–Crippen MR) is 82.5 cm³/mol. The second kappa shape index (κ2) is 5.98. The van der Waals surface area contributed by atoms with Crippen LogP contribution in [0.5, 0.6) is 0 Å². The van der Waals surface area contributed by atoms with Crippen molar-refractivity contribution in [3.8, 4) is 0 Å². The van der Waals surface area contributed by atoms with E-state index in [2.05, 4.69) is 15.6 Å². The zero-order valence-corrected chi connectivity index (χ0v) is 12.1. The molecule has 0 saturated carbocycles. The van der Waals surface area contributed by atoms with Crippen LogP contribution in [0.25, 0.3) is 0 Å². The molecule has 5 nitrogen and oxygen atoms in total. The van der Waals surface area contributed by atoms with Gasteiger partial charge in [-0.05, 0) is 36.8 Å². The lowest BCUT2D eigenvalue weighted by molar-refractivity contribution is 0.262. The lowest BCUT2D eigenvalue weighted by atomic mass is 10.2. The number of carbonyl (C=O) groups is 1. The molecule has 4 N–H and O–H groups in total. The summed E-state index contributed by atoms with van der Waals surface area (Å²) in [4.78, 5) is 15.8. The van der Waals surface area contributed by atoms with Gasteiger partial charge in [-0.2, -0.15) is 0 Å². The van der Waals surface area contributed by atoms with Gasteiger partial charge in [-0.15, -0.1) is 0 Å². The van der Waals surface area contributed by atoms with Gasteiger partial charge >= 0.3 is 6.03 Å². The van der Waals surface area contributed by atoms with Gasteiger partial charge in [0.1, 0.15) is 5.82 Å². The van der Waals surface area contributed by atoms with Crippen LogP contribution in [0.2, 0.25) is 10.0 Å². The van der Waals surface area contributed by atoms with Crippen molar-refractivity contribution >= 4 is 46.4 Å². The number of aryl methyl sites for hydroxylation is 1. The number of hydrogen-bond acceptors (Lipinski definition) is 3. The van der Waals surface area contributed by atoms with E-state index in [0.29, 0.717) is 27.2 Å². The number of aromatic nitrogens is 1. The van der Waals surface area contributed by atoms with E-state index < -0.39 is 6.03 Å². The molecule has 2 amide bonds. The van der Waals surface area contributed by atoms with E-state index in [1.165, 1.54) is 6.20 Å². The number of carbonyl (C=O) groups excluding carboxylic acids is 1. The third kappa shape index (κ3) is 3.53. The highest BCUT2D eigenvalue weighted by molar-refractivity contribution is 6.42. The molecule has 20 heavy (non-hydrogen) atoms. The van der Waals surface area contributed by atoms with Gasteiger partial charge in [0.2, 0.25) is 0 Å². The van der Waals surface area contributed by atoms with Gasteiger partial charge in [0, 0.05) is 5.69 Å². The summed E-state index contributed by atoms with van der Waals surface area (Å²) < 4.78 is 0. The molecule has 0 saturated heterocycles. The number of pyridine rings is 1. The average molecular weight is 311 g/mol. The van der Waals surface area contributed by atoms with Crippen molar-refractivity contribution in [2.75, 3.05) is 16.4 Å². The lowest BCUT2D eigenvalue weighted by Gasteiger charge is -2.09. The number of urea groups is 1. The Balaban J connectivity index is 2.04. The monoisotopic (exact) mass is 310 g/mol. The molecule has 0 aliphatic carbocycles. The summed E-state index contributed by atoms with van der Waals surface area (Å²) in [6, 6.07) is 6.06. The van der Waals surface area contributed by atoms with Gasteiger partial charge in [-0.25, -0.2) is 9.78 Å². The topological polar surface area (TPSA) is 80.0 Å². The van der Waals surface area contributed by atoms with E-state index in [0.717, 1.165) is 5.56 Å². The molecule has 1 aromatic carbocycles.